The molecule has 0 bridgehead atoms. The van der Waals surface area contributed by atoms with Crippen molar-refractivity contribution in [2.45, 2.75) is 91.4 Å². The molecule has 0 radical (unpaired) electrons. The lowest BCUT2D eigenvalue weighted by Crippen LogP contribution is -2.57. The number of carboxylic acids is 1. The lowest BCUT2D eigenvalue weighted by atomic mass is 10.00. The molecule has 4 atom stereocenters. The van der Waals surface area contributed by atoms with Gasteiger partial charge in [-0.05, 0) is 44.4 Å². The van der Waals surface area contributed by atoms with Gasteiger partial charge in [0.25, 0.3) is 0 Å². The van der Waals surface area contributed by atoms with Gasteiger partial charge in [-0.3, -0.25) is 24.2 Å². The topological polar surface area (TPSA) is 218 Å². The molecule has 13 heteroatoms. The second-order valence-electron chi connectivity index (χ2n) is 9.65. The Morgan fingerprint density at radius 3 is 1.67 bits per heavy atom. The monoisotopic (exact) mass is 513 g/mol. The minimum absolute atomic E-state index is 0.0381. The summed E-state index contributed by atoms with van der Waals surface area (Å²) in [6.07, 6.45) is 1.10. The van der Waals surface area contributed by atoms with Gasteiger partial charge in [-0.15, -0.1) is 0 Å². The van der Waals surface area contributed by atoms with Crippen LogP contribution in [-0.2, 0) is 24.0 Å². The van der Waals surface area contributed by atoms with Crippen molar-refractivity contribution in [3.05, 3.63) is 0 Å². The van der Waals surface area contributed by atoms with E-state index in [0.717, 1.165) is 0 Å². The third-order valence-corrected chi connectivity index (χ3v) is 5.05. The summed E-state index contributed by atoms with van der Waals surface area (Å²) in [6, 6.07) is -4.01. The summed E-state index contributed by atoms with van der Waals surface area (Å²) < 4.78 is 0. The molecule has 0 heterocycles. The quantitative estimate of drug-likeness (QED) is 0.0784. The summed E-state index contributed by atoms with van der Waals surface area (Å²) in [4.78, 5) is 65.2. The number of amides is 4. The fourth-order valence-corrected chi connectivity index (χ4v) is 3.36. The van der Waals surface area contributed by atoms with Crippen LogP contribution >= 0.6 is 0 Å². The van der Waals surface area contributed by atoms with Crippen molar-refractivity contribution in [1.82, 2.24) is 21.3 Å². The second-order valence-corrected chi connectivity index (χ2v) is 9.65. The molecule has 0 aromatic heterocycles. The predicted octanol–water partition coefficient (Wildman–Crippen LogP) is -0.804. The van der Waals surface area contributed by atoms with Gasteiger partial charge in [0.1, 0.15) is 24.2 Å². The Kier molecular flexibility index (Phi) is 14.8. The minimum Gasteiger partial charge on any atom is -0.480 e. The van der Waals surface area contributed by atoms with E-state index in [9.17, 15) is 29.1 Å². The Labute approximate surface area is 212 Å². The van der Waals surface area contributed by atoms with E-state index in [1.807, 2.05) is 27.7 Å². The lowest BCUT2D eigenvalue weighted by molar-refractivity contribution is -0.142. The number of carbonyl (C=O) groups is 5. The standard InChI is InChI=1S/C23H43N7O6/c1-12(2)10-17(28-15(6)31)21(34)30-18(11-13(3)4)20(33)27-14(5)19(32)29-16(22(35)36)8-7-9-26-23(24)25/h12-14,16-18H,7-11H2,1-6H3,(H,27,33)(H,28,31)(H,29,32)(H,30,34)(H,35,36)(H4,24,25,26)/t14-,16-,17-,18-/m0/s1. The molecule has 0 aliphatic heterocycles. The third kappa shape index (κ3) is 14.1. The zero-order valence-electron chi connectivity index (χ0n) is 22.1. The molecule has 0 saturated carbocycles. The van der Waals surface area contributed by atoms with Gasteiger partial charge in [0, 0.05) is 13.5 Å². The second kappa shape index (κ2) is 16.3. The number of carbonyl (C=O) groups excluding carboxylic acids is 4. The molecule has 0 unspecified atom stereocenters. The summed E-state index contributed by atoms with van der Waals surface area (Å²) in [5.41, 5.74) is 10.5. The van der Waals surface area contributed by atoms with E-state index in [-0.39, 0.29) is 36.7 Å². The van der Waals surface area contributed by atoms with Crippen molar-refractivity contribution in [3.8, 4) is 0 Å². The molecule has 0 fully saturated rings. The fraction of sp³-hybridized carbons (Fsp3) is 0.739. The first kappa shape index (κ1) is 32.6. The average Bonchev–Trinajstić information content (AvgIpc) is 2.73. The van der Waals surface area contributed by atoms with Crippen LogP contribution < -0.4 is 32.7 Å². The van der Waals surface area contributed by atoms with Gasteiger partial charge in [0.05, 0.1) is 0 Å². The third-order valence-electron chi connectivity index (χ3n) is 5.05. The van der Waals surface area contributed by atoms with Crippen LogP contribution in [0.1, 0.15) is 67.2 Å². The van der Waals surface area contributed by atoms with Crippen LogP contribution in [0.2, 0.25) is 0 Å². The number of aliphatic imine (C=N–C) groups is 1. The van der Waals surface area contributed by atoms with Gasteiger partial charge in [-0.25, -0.2) is 4.79 Å². The Balaban J connectivity index is 5.24. The summed E-state index contributed by atoms with van der Waals surface area (Å²) in [5, 5.41) is 19.6. The summed E-state index contributed by atoms with van der Waals surface area (Å²) in [7, 11) is 0. The lowest BCUT2D eigenvalue weighted by Gasteiger charge is -2.26. The molecule has 206 valence electrons. The molecule has 36 heavy (non-hydrogen) atoms. The number of nitrogens with one attached hydrogen (secondary N) is 4. The Morgan fingerprint density at radius 1 is 0.750 bits per heavy atom. The Bertz CT molecular complexity index is 796. The smallest absolute Gasteiger partial charge is 0.326 e. The zero-order valence-corrected chi connectivity index (χ0v) is 22.1. The highest BCUT2D eigenvalue weighted by Gasteiger charge is 2.30. The van der Waals surface area contributed by atoms with E-state index in [1.54, 1.807) is 0 Å². The maximum Gasteiger partial charge on any atom is 0.326 e. The van der Waals surface area contributed by atoms with Crippen LogP contribution in [0, 0.1) is 11.8 Å². The molecule has 0 rings (SSSR count). The highest BCUT2D eigenvalue weighted by atomic mass is 16.4. The number of carboxylic acid groups (broad SMARTS) is 1. The first-order valence-corrected chi connectivity index (χ1v) is 12.1. The number of rotatable bonds is 16. The molecule has 0 aliphatic carbocycles. The summed E-state index contributed by atoms with van der Waals surface area (Å²) >= 11 is 0. The molecule has 0 aromatic carbocycles. The van der Waals surface area contributed by atoms with E-state index in [0.29, 0.717) is 19.3 Å². The molecule has 0 saturated heterocycles. The van der Waals surface area contributed by atoms with Gasteiger partial charge in [-0.1, -0.05) is 27.7 Å². The fourth-order valence-electron chi connectivity index (χ4n) is 3.36. The van der Waals surface area contributed by atoms with Gasteiger partial charge >= 0.3 is 5.97 Å². The predicted molar refractivity (Wildman–Crippen MR) is 136 cm³/mol. The Morgan fingerprint density at radius 2 is 1.22 bits per heavy atom. The molecular formula is C23H43N7O6. The van der Waals surface area contributed by atoms with E-state index < -0.39 is 47.9 Å². The largest absolute Gasteiger partial charge is 0.480 e. The van der Waals surface area contributed by atoms with Gasteiger partial charge in [0.15, 0.2) is 5.96 Å². The average molecular weight is 514 g/mol. The molecule has 0 aromatic rings. The van der Waals surface area contributed by atoms with Gasteiger partial charge < -0.3 is 37.8 Å². The Hall–Kier alpha value is -3.38. The van der Waals surface area contributed by atoms with Crippen molar-refractivity contribution in [2.24, 2.45) is 28.3 Å². The first-order valence-electron chi connectivity index (χ1n) is 12.1. The van der Waals surface area contributed by atoms with Crippen molar-refractivity contribution in [2.75, 3.05) is 6.54 Å². The summed E-state index contributed by atoms with van der Waals surface area (Å²) in [5.74, 6) is -3.33. The van der Waals surface area contributed by atoms with E-state index in [1.165, 1.54) is 13.8 Å². The molecule has 0 aliphatic rings. The normalized spacial score (nSPS) is 14.2. The van der Waals surface area contributed by atoms with E-state index in [2.05, 4.69) is 26.3 Å². The molecule has 4 amide bonds. The van der Waals surface area contributed by atoms with Crippen molar-refractivity contribution in [3.63, 3.8) is 0 Å². The first-order chi connectivity index (χ1) is 16.6. The van der Waals surface area contributed by atoms with Crippen LogP contribution in [0.5, 0.6) is 0 Å². The minimum atomic E-state index is -1.23. The molecule has 0 spiro atoms. The number of aliphatic carboxylic acids is 1. The van der Waals surface area contributed by atoms with E-state index >= 15 is 0 Å². The molecule has 13 nitrogen and oxygen atoms in total. The maximum absolute atomic E-state index is 12.9. The highest BCUT2D eigenvalue weighted by molar-refractivity contribution is 5.94. The van der Waals surface area contributed by atoms with Gasteiger partial charge in [-0.2, -0.15) is 0 Å². The van der Waals surface area contributed by atoms with Crippen LogP contribution in [0.3, 0.4) is 0 Å². The van der Waals surface area contributed by atoms with Crippen LogP contribution in [-0.4, -0.2) is 71.4 Å². The maximum atomic E-state index is 12.9. The SMILES string of the molecule is CC(=O)N[C@@H](CC(C)C)C(=O)N[C@@H](CC(C)C)C(=O)N[C@@H](C)C(=O)N[C@@H](CCCN=C(N)N)C(=O)O. The number of nitrogens with two attached hydrogens (primary N) is 2. The highest BCUT2D eigenvalue weighted by Crippen LogP contribution is 2.09. The number of hydrogen-bond donors (Lipinski definition) is 7. The van der Waals surface area contributed by atoms with Crippen LogP contribution in [0.25, 0.3) is 0 Å². The van der Waals surface area contributed by atoms with Crippen molar-refractivity contribution < 1.29 is 29.1 Å². The van der Waals surface area contributed by atoms with Crippen LogP contribution in [0.4, 0.5) is 0 Å². The van der Waals surface area contributed by atoms with E-state index in [4.69, 9.17) is 11.5 Å². The van der Waals surface area contributed by atoms with Crippen LogP contribution in [0.15, 0.2) is 4.99 Å². The number of hydrogen-bond acceptors (Lipinski definition) is 6. The molecular weight excluding hydrogens is 470 g/mol. The zero-order chi connectivity index (χ0) is 28.0. The van der Waals surface area contributed by atoms with Gasteiger partial charge in [0.2, 0.25) is 23.6 Å². The number of nitrogens with zero attached hydrogens (tertiary/aromatic N) is 1. The summed E-state index contributed by atoms with van der Waals surface area (Å²) in [6.45, 7) is 10.5. The molecule has 9 N–H and O–H groups in total. The van der Waals surface area contributed by atoms with Crippen molar-refractivity contribution in [1.29, 1.82) is 0 Å². The number of guanidine groups is 1. The van der Waals surface area contributed by atoms with Crippen molar-refractivity contribution >= 4 is 35.6 Å².